The molecule has 1 aliphatic heterocycles. The Hall–Kier alpha value is -2.51. The lowest BCUT2D eigenvalue weighted by Gasteiger charge is -2.30. The number of anilines is 1. The lowest BCUT2D eigenvalue weighted by Crippen LogP contribution is -2.38. The van der Waals surface area contributed by atoms with Gasteiger partial charge in [0.15, 0.2) is 0 Å². The summed E-state index contributed by atoms with van der Waals surface area (Å²) in [6, 6.07) is 13.5. The lowest BCUT2D eigenvalue weighted by atomic mass is 10.0. The van der Waals surface area contributed by atoms with Crippen LogP contribution in [0.2, 0.25) is 0 Å². The number of hydrogen-bond acceptors (Lipinski definition) is 5. The number of carbonyl (C=O) groups excluding carboxylic acids is 2. The van der Waals surface area contributed by atoms with E-state index in [9.17, 15) is 9.59 Å². The number of ether oxygens (including phenoxy) is 1. The van der Waals surface area contributed by atoms with Crippen molar-refractivity contribution in [2.75, 3.05) is 32.1 Å². The van der Waals surface area contributed by atoms with Gasteiger partial charge < -0.3 is 15.4 Å². The van der Waals surface area contributed by atoms with E-state index in [-0.39, 0.29) is 23.1 Å². The monoisotopic (exact) mass is 427 g/mol. The third kappa shape index (κ3) is 4.96. The standard InChI is InChI=1S/C23H29N3O3S/c1-5-26(6-2)20(16-8-7-9-18(12-16)29-4)14-24-23(28)17-10-11-21-19(13-17)25-22(27)15(3)30-21/h7-13,15,20H,5-6,14H2,1-4H3,(H,24,28)(H,25,27)/t15-,20+/m0/s1. The molecule has 160 valence electrons. The highest BCUT2D eigenvalue weighted by Crippen LogP contribution is 2.36. The first-order chi connectivity index (χ1) is 14.5. The van der Waals surface area contributed by atoms with Crippen molar-refractivity contribution in [3.8, 4) is 5.75 Å². The number of benzene rings is 2. The number of amides is 2. The molecule has 2 aromatic carbocycles. The molecule has 0 fully saturated rings. The Kier molecular flexibility index (Phi) is 7.39. The molecule has 0 bridgehead atoms. The number of nitrogens with zero attached hydrogens (tertiary/aromatic N) is 1. The first kappa shape index (κ1) is 22.2. The summed E-state index contributed by atoms with van der Waals surface area (Å²) in [4.78, 5) is 28.1. The van der Waals surface area contributed by atoms with E-state index in [2.05, 4.69) is 35.4 Å². The van der Waals surface area contributed by atoms with Crippen LogP contribution in [0.25, 0.3) is 0 Å². The van der Waals surface area contributed by atoms with Gasteiger partial charge in [0, 0.05) is 17.0 Å². The van der Waals surface area contributed by atoms with Gasteiger partial charge in [-0.1, -0.05) is 26.0 Å². The fraction of sp³-hybridized carbons (Fsp3) is 0.391. The van der Waals surface area contributed by atoms with E-state index in [1.165, 1.54) is 11.8 Å². The molecule has 0 saturated carbocycles. The molecule has 6 nitrogen and oxygen atoms in total. The Morgan fingerprint density at radius 1 is 1.23 bits per heavy atom. The summed E-state index contributed by atoms with van der Waals surface area (Å²) in [5, 5.41) is 5.82. The normalized spacial score (nSPS) is 16.6. The molecule has 2 amide bonds. The number of nitrogens with one attached hydrogen (secondary N) is 2. The van der Waals surface area contributed by atoms with E-state index in [4.69, 9.17) is 4.74 Å². The highest BCUT2D eigenvalue weighted by atomic mass is 32.2. The summed E-state index contributed by atoms with van der Waals surface area (Å²) >= 11 is 1.51. The molecule has 3 rings (SSSR count). The predicted molar refractivity (Wildman–Crippen MR) is 121 cm³/mol. The van der Waals surface area contributed by atoms with Gasteiger partial charge in [0.1, 0.15) is 5.75 Å². The summed E-state index contributed by atoms with van der Waals surface area (Å²) < 4.78 is 5.37. The molecule has 2 atom stereocenters. The van der Waals surface area contributed by atoms with E-state index in [0.717, 1.165) is 29.3 Å². The van der Waals surface area contributed by atoms with Gasteiger partial charge >= 0.3 is 0 Å². The van der Waals surface area contributed by atoms with Gasteiger partial charge in [0.2, 0.25) is 5.91 Å². The Labute approximate surface area is 182 Å². The highest BCUT2D eigenvalue weighted by molar-refractivity contribution is 8.00. The summed E-state index contributed by atoms with van der Waals surface area (Å²) in [7, 11) is 1.65. The molecule has 0 aliphatic carbocycles. The second-order valence-electron chi connectivity index (χ2n) is 7.18. The maximum atomic E-state index is 12.9. The van der Waals surface area contributed by atoms with Crippen LogP contribution < -0.4 is 15.4 Å². The molecule has 0 radical (unpaired) electrons. The molecule has 2 aromatic rings. The van der Waals surface area contributed by atoms with Crippen molar-refractivity contribution in [2.45, 2.75) is 37.0 Å². The van der Waals surface area contributed by atoms with Crippen molar-refractivity contribution in [2.24, 2.45) is 0 Å². The van der Waals surface area contributed by atoms with Crippen molar-refractivity contribution in [1.29, 1.82) is 0 Å². The lowest BCUT2D eigenvalue weighted by molar-refractivity contribution is -0.115. The van der Waals surface area contributed by atoms with E-state index in [0.29, 0.717) is 17.8 Å². The molecule has 1 aliphatic rings. The summed E-state index contributed by atoms with van der Waals surface area (Å²) in [6.07, 6.45) is 0. The number of rotatable bonds is 8. The number of likely N-dealkylation sites (N-methyl/N-ethyl adjacent to an activating group) is 1. The zero-order valence-electron chi connectivity index (χ0n) is 17.9. The van der Waals surface area contributed by atoms with Gasteiger partial charge in [-0.25, -0.2) is 0 Å². The van der Waals surface area contributed by atoms with E-state index in [1.54, 1.807) is 13.2 Å². The average molecular weight is 428 g/mol. The first-order valence-corrected chi connectivity index (χ1v) is 11.1. The number of thioether (sulfide) groups is 1. The van der Waals surface area contributed by atoms with Gasteiger partial charge in [-0.15, -0.1) is 11.8 Å². The van der Waals surface area contributed by atoms with Crippen molar-refractivity contribution in [3.05, 3.63) is 53.6 Å². The zero-order valence-corrected chi connectivity index (χ0v) is 18.7. The minimum atomic E-state index is -0.157. The van der Waals surface area contributed by atoms with Crippen molar-refractivity contribution >= 4 is 29.3 Å². The molecule has 7 heteroatoms. The minimum absolute atomic E-state index is 0.0350. The zero-order chi connectivity index (χ0) is 21.7. The third-order valence-corrected chi connectivity index (χ3v) is 6.54. The van der Waals surface area contributed by atoms with Gasteiger partial charge in [-0.3, -0.25) is 14.5 Å². The largest absolute Gasteiger partial charge is 0.497 e. The van der Waals surface area contributed by atoms with Gasteiger partial charge in [-0.05, 0) is 55.9 Å². The fourth-order valence-corrected chi connectivity index (χ4v) is 4.54. The van der Waals surface area contributed by atoms with E-state index >= 15 is 0 Å². The maximum Gasteiger partial charge on any atom is 0.251 e. The number of methoxy groups -OCH3 is 1. The summed E-state index contributed by atoms with van der Waals surface area (Å²) in [5.74, 6) is 0.605. The molecule has 0 aromatic heterocycles. The van der Waals surface area contributed by atoms with Crippen LogP contribution in [-0.2, 0) is 4.79 Å². The second kappa shape index (κ2) is 10.00. The number of fused-ring (bicyclic) bond motifs is 1. The van der Waals surface area contributed by atoms with Crippen LogP contribution in [0, 0.1) is 0 Å². The molecular weight excluding hydrogens is 398 g/mol. The van der Waals surface area contributed by atoms with Gasteiger partial charge in [-0.2, -0.15) is 0 Å². The molecule has 0 unspecified atom stereocenters. The molecular formula is C23H29N3O3S. The van der Waals surface area contributed by atoms with Crippen molar-refractivity contribution in [3.63, 3.8) is 0 Å². The second-order valence-corrected chi connectivity index (χ2v) is 8.57. The Bertz CT molecular complexity index is 914. The Morgan fingerprint density at radius 3 is 2.70 bits per heavy atom. The quantitative estimate of drug-likeness (QED) is 0.668. The van der Waals surface area contributed by atoms with Crippen LogP contribution in [-0.4, -0.2) is 48.7 Å². The third-order valence-electron chi connectivity index (χ3n) is 5.36. The molecule has 0 spiro atoms. The van der Waals surface area contributed by atoms with Crippen molar-refractivity contribution in [1.82, 2.24) is 10.2 Å². The van der Waals surface area contributed by atoms with Crippen molar-refractivity contribution < 1.29 is 14.3 Å². The van der Waals surface area contributed by atoms with E-state index in [1.807, 2.05) is 37.3 Å². The first-order valence-electron chi connectivity index (χ1n) is 10.2. The van der Waals surface area contributed by atoms with Crippen LogP contribution in [0.4, 0.5) is 5.69 Å². The Balaban J connectivity index is 1.76. The van der Waals surface area contributed by atoms with Crippen LogP contribution in [0.1, 0.15) is 42.7 Å². The smallest absolute Gasteiger partial charge is 0.251 e. The average Bonchev–Trinajstić information content (AvgIpc) is 2.77. The van der Waals surface area contributed by atoms with E-state index < -0.39 is 0 Å². The minimum Gasteiger partial charge on any atom is -0.497 e. The highest BCUT2D eigenvalue weighted by Gasteiger charge is 2.24. The number of hydrogen-bond donors (Lipinski definition) is 2. The van der Waals surface area contributed by atoms with Gasteiger partial charge in [0.25, 0.3) is 5.91 Å². The predicted octanol–water partition coefficient (Wildman–Crippen LogP) is 3.94. The van der Waals surface area contributed by atoms with Crippen LogP contribution >= 0.6 is 11.8 Å². The SMILES string of the molecule is CCN(CC)[C@H](CNC(=O)c1ccc2c(c1)NC(=O)[C@H](C)S2)c1cccc(OC)c1. The van der Waals surface area contributed by atoms with Gasteiger partial charge in [0.05, 0.1) is 24.1 Å². The molecule has 0 saturated heterocycles. The van der Waals surface area contributed by atoms with Crippen LogP contribution in [0.3, 0.4) is 0 Å². The Morgan fingerprint density at radius 2 is 2.00 bits per heavy atom. The van der Waals surface area contributed by atoms with Crippen LogP contribution in [0.5, 0.6) is 5.75 Å². The maximum absolute atomic E-state index is 12.9. The molecule has 30 heavy (non-hydrogen) atoms. The fourth-order valence-electron chi connectivity index (χ4n) is 3.61. The summed E-state index contributed by atoms with van der Waals surface area (Å²) in [6.45, 7) is 8.31. The summed E-state index contributed by atoms with van der Waals surface area (Å²) in [5.41, 5.74) is 2.33. The van der Waals surface area contributed by atoms with Crippen LogP contribution in [0.15, 0.2) is 47.4 Å². The topological polar surface area (TPSA) is 70.7 Å². The number of carbonyl (C=O) groups is 2. The molecule has 1 heterocycles. The molecule has 2 N–H and O–H groups in total.